The molecule has 2 unspecified atom stereocenters. The highest BCUT2D eigenvalue weighted by Crippen LogP contribution is 2.22. The Kier molecular flexibility index (Phi) is 3.88. The molecule has 18 heavy (non-hydrogen) atoms. The van der Waals surface area contributed by atoms with Gasteiger partial charge in [0.15, 0.2) is 0 Å². The number of anilines is 1. The fourth-order valence-corrected chi connectivity index (χ4v) is 2.66. The van der Waals surface area contributed by atoms with Gasteiger partial charge in [-0.15, -0.1) is 0 Å². The molecule has 0 radical (unpaired) electrons. The summed E-state index contributed by atoms with van der Waals surface area (Å²) >= 11 is 0. The number of aryl methyl sites for hydroxylation is 1. The van der Waals surface area contributed by atoms with E-state index < -0.39 is 0 Å². The van der Waals surface area contributed by atoms with E-state index in [9.17, 15) is 0 Å². The number of benzene rings is 1. The van der Waals surface area contributed by atoms with Gasteiger partial charge in [-0.05, 0) is 56.6 Å². The van der Waals surface area contributed by atoms with Crippen molar-refractivity contribution in [3.63, 3.8) is 0 Å². The maximum Gasteiger partial charge on any atom is 0.0994 e. The molecule has 3 nitrogen and oxygen atoms in total. The summed E-state index contributed by atoms with van der Waals surface area (Å²) in [6.07, 6.45) is 1.18. The molecule has 1 aliphatic rings. The van der Waals surface area contributed by atoms with Crippen molar-refractivity contribution < 1.29 is 0 Å². The number of nitriles is 1. The van der Waals surface area contributed by atoms with Crippen LogP contribution >= 0.6 is 0 Å². The zero-order valence-electron chi connectivity index (χ0n) is 11.4. The molecule has 1 aromatic rings. The van der Waals surface area contributed by atoms with E-state index >= 15 is 0 Å². The summed E-state index contributed by atoms with van der Waals surface area (Å²) in [6, 6.07) is 8.73. The van der Waals surface area contributed by atoms with E-state index in [4.69, 9.17) is 5.26 Å². The Balaban J connectivity index is 2.06. The molecule has 1 N–H and O–H groups in total. The summed E-state index contributed by atoms with van der Waals surface area (Å²) in [5, 5.41) is 12.5. The van der Waals surface area contributed by atoms with Crippen LogP contribution in [0.2, 0.25) is 0 Å². The van der Waals surface area contributed by atoms with Crippen LogP contribution < -0.4 is 5.32 Å². The Morgan fingerprint density at radius 1 is 1.44 bits per heavy atom. The zero-order chi connectivity index (χ0) is 13.1. The standard InChI is InChI=1S/C15H21N3/c1-11-8-14(5-4-13(11)9-16)17-15-6-7-18(3)10-12(15)2/h4-5,8,12,15,17H,6-7,10H2,1-3H3. The van der Waals surface area contributed by atoms with Gasteiger partial charge in [0, 0.05) is 18.3 Å². The zero-order valence-corrected chi connectivity index (χ0v) is 11.4. The van der Waals surface area contributed by atoms with Gasteiger partial charge in [0.2, 0.25) is 0 Å². The van der Waals surface area contributed by atoms with E-state index in [2.05, 4.69) is 36.3 Å². The van der Waals surface area contributed by atoms with E-state index in [0.29, 0.717) is 12.0 Å². The van der Waals surface area contributed by atoms with Crippen molar-refractivity contribution in [2.75, 3.05) is 25.5 Å². The summed E-state index contributed by atoms with van der Waals surface area (Å²) in [4.78, 5) is 2.38. The minimum absolute atomic E-state index is 0.536. The van der Waals surface area contributed by atoms with Gasteiger partial charge >= 0.3 is 0 Å². The molecule has 96 valence electrons. The van der Waals surface area contributed by atoms with Crippen LogP contribution in [0.1, 0.15) is 24.5 Å². The maximum absolute atomic E-state index is 8.93. The Bertz CT molecular complexity index is 461. The van der Waals surface area contributed by atoms with Crippen LogP contribution in [0.4, 0.5) is 5.69 Å². The number of likely N-dealkylation sites (tertiary alicyclic amines) is 1. The first-order valence-corrected chi connectivity index (χ1v) is 6.56. The highest BCUT2D eigenvalue weighted by atomic mass is 15.1. The minimum Gasteiger partial charge on any atom is -0.382 e. The topological polar surface area (TPSA) is 39.1 Å². The predicted octanol–water partition coefficient (Wildman–Crippen LogP) is 2.62. The van der Waals surface area contributed by atoms with Crippen molar-refractivity contribution >= 4 is 5.69 Å². The molecule has 1 aromatic carbocycles. The van der Waals surface area contributed by atoms with Crippen molar-refractivity contribution in [3.8, 4) is 6.07 Å². The van der Waals surface area contributed by atoms with Crippen molar-refractivity contribution in [2.24, 2.45) is 5.92 Å². The monoisotopic (exact) mass is 243 g/mol. The van der Waals surface area contributed by atoms with E-state index in [-0.39, 0.29) is 0 Å². The lowest BCUT2D eigenvalue weighted by molar-refractivity contribution is 0.206. The van der Waals surface area contributed by atoms with Crippen LogP contribution in [0.5, 0.6) is 0 Å². The molecular weight excluding hydrogens is 222 g/mol. The Hall–Kier alpha value is -1.53. The fraction of sp³-hybridized carbons (Fsp3) is 0.533. The lowest BCUT2D eigenvalue weighted by atomic mass is 9.94. The summed E-state index contributed by atoms with van der Waals surface area (Å²) in [6.45, 7) is 6.58. The van der Waals surface area contributed by atoms with Gasteiger partial charge in [-0.2, -0.15) is 5.26 Å². The van der Waals surface area contributed by atoms with Crippen molar-refractivity contribution in [3.05, 3.63) is 29.3 Å². The molecule has 0 aromatic heterocycles. The molecule has 2 rings (SSSR count). The lowest BCUT2D eigenvalue weighted by Gasteiger charge is -2.35. The Morgan fingerprint density at radius 3 is 2.83 bits per heavy atom. The molecular formula is C15H21N3. The van der Waals surface area contributed by atoms with Gasteiger partial charge in [0.1, 0.15) is 0 Å². The number of nitrogens with one attached hydrogen (secondary N) is 1. The van der Waals surface area contributed by atoms with Gasteiger partial charge in [-0.25, -0.2) is 0 Å². The van der Waals surface area contributed by atoms with Crippen LogP contribution in [-0.4, -0.2) is 31.1 Å². The van der Waals surface area contributed by atoms with Gasteiger partial charge in [0.25, 0.3) is 0 Å². The molecule has 1 saturated heterocycles. The molecule has 1 aliphatic heterocycles. The summed E-state index contributed by atoms with van der Waals surface area (Å²) < 4.78 is 0. The number of piperidine rings is 1. The summed E-state index contributed by atoms with van der Waals surface area (Å²) in [5.41, 5.74) is 2.94. The van der Waals surface area contributed by atoms with Crippen molar-refractivity contribution in [1.82, 2.24) is 4.90 Å². The number of hydrogen-bond donors (Lipinski definition) is 1. The Labute approximate surface area is 109 Å². The van der Waals surface area contributed by atoms with Gasteiger partial charge in [-0.1, -0.05) is 6.92 Å². The van der Waals surface area contributed by atoms with Crippen LogP contribution in [-0.2, 0) is 0 Å². The minimum atomic E-state index is 0.536. The molecule has 0 bridgehead atoms. The molecule has 0 amide bonds. The average Bonchev–Trinajstić information content (AvgIpc) is 2.33. The second-order valence-electron chi connectivity index (χ2n) is 5.42. The molecule has 1 fully saturated rings. The second kappa shape index (κ2) is 5.41. The first-order chi connectivity index (χ1) is 8.60. The third-order valence-corrected chi connectivity index (χ3v) is 3.81. The summed E-state index contributed by atoms with van der Waals surface area (Å²) in [5.74, 6) is 0.652. The van der Waals surface area contributed by atoms with Crippen molar-refractivity contribution in [2.45, 2.75) is 26.3 Å². The molecule has 0 spiro atoms. The van der Waals surface area contributed by atoms with E-state index in [1.54, 1.807) is 0 Å². The van der Waals surface area contributed by atoms with Crippen LogP contribution in [0.15, 0.2) is 18.2 Å². The van der Waals surface area contributed by atoms with Gasteiger partial charge in [-0.3, -0.25) is 0 Å². The molecule has 3 heteroatoms. The molecule has 0 aliphatic carbocycles. The largest absolute Gasteiger partial charge is 0.382 e. The van der Waals surface area contributed by atoms with E-state index in [0.717, 1.165) is 29.9 Å². The third kappa shape index (κ3) is 2.83. The first-order valence-electron chi connectivity index (χ1n) is 6.56. The number of rotatable bonds is 2. The maximum atomic E-state index is 8.93. The van der Waals surface area contributed by atoms with E-state index in [1.165, 1.54) is 6.42 Å². The number of nitrogens with zero attached hydrogens (tertiary/aromatic N) is 2. The average molecular weight is 243 g/mol. The SMILES string of the molecule is Cc1cc(NC2CCN(C)CC2C)ccc1C#N. The first kappa shape index (κ1) is 12.9. The van der Waals surface area contributed by atoms with Crippen LogP contribution in [0, 0.1) is 24.2 Å². The summed E-state index contributed by atoms with van der Waals surface area (Å²) in [7, 11) is 2.18. The second-order valence-corrected chi connectivity index (χ2v) is 5.42. The number of hydrogen-bond acceptors (Lipinski definition) is 3. The van der Waals surface area contributed by atoms with Crippen molar-refractivity contribution in [1.29, 1.82) is 5.26 Å². The van der Waals surface area contributed by atoms with Crippen LogP contribution in [0.25, 0.3) is 0 Å². The predicted molar refractivity (Wildman–Crippen MR) is 74.6 cm³/mol. The van der Waals surface area contributed by atoms with Gasteiger partial charge in [0.05, 0.1) is 11.6 Å². The normalized spacial score (nSPS) is 24.6. The molecule has 0 saturated carbocycles. The van der Waals surface area contributed by atoms with Gasteiger partial charge < -0.3 is 10.2 Å². The third-order valence-electron chi connectivity index (χ3n) is 3.81. The smallest absolute Gasteiger partial charge is 0.0994 e. The van der Waals surface area contributed by atoms with E-state index in [1.807, 2.05) is 19.1 Å². The molecule has 1 heterocycles. The van der Waals surface area contributed by atoms with Crippen LogP contribution in [0.3, 0.4) is 0 Å². The Morgan fingerprint density at radius 2 is 2.22 bits per heavy atom. The highest BCUT2D eigenvalue weighted by Gasteiger charge is 2.23. The highest BCUT2D eigenvalue weighted by molar-refractivity contribution is 5.52. The lowest BCUT2D eigenvalue weighted by Crippen LogP contribution is -2.43. The molecule has 2 atom stereocenters. The quantitative estimate of drug-likeness (QED) is 0.868. The fourth-order valence-electron chi connectivity index (χ4n) is 2.66.